The molecular formula is C17H26N4O2. The van der Waals surface area contributed by atoms with Gasteiger partial charge in [0.05, 0.1) is 0 Å². The van der Waals surface area contributed by atoms with Crippen LogP contribution in [0.5, 0.6) is 0 Å². The van der Waals surface area contributed by atoms with Crippen molar-refractivity contribution in [3.8, 4) is 0 Å². The van der Waals surface area contributed by atoms with Crippen molar-refractivity contribution in [3.05, 3.63) is 17.5 Å². The van der Waals surface area contributed by atoms with E-state index in [0.717, 1.165) is 31.9 Å². The van der Waals surface area contributed by atoms with E-state index < -0.39 is 5.60 Å². The predicted molar refractivity (Wildman–Crippen MR) is 88.5 cm³/mol. The first kappa shape index (κ1) is 16.2. The largest absolute Gasteiger partial charge is 0.459 e. The minimum atomic E-state index is -0.469. The van der Waals surface area contributed by atoms with Crippen molar-refractivity contribution in [3.63, 3.8) is 0 Å². The summed E-state index contributed by atoms with van der Waals surface area (Å²) in [5, 5.41) is 3.23. The van der Waals surface area contributed by atoms with Gasteiger partial charge in [0.1, 0.15) is 11.6 Å². The van der Waals surface area contributed by atoms with Crippen molar-refractivity contribution in [2.75, 3.05) is 24.5 Å². The maximum atomic E-state index is 12.3. The Balaban J connectivity index is 1.70. The summed E-state index contributed by atoms with van der Waals surface area (Å²) in [6.45, 7) is 7.74. The second-order valence-electron chi connectivity index (χ2n) is 7.34. The summed E-state index contributed by atoms with van der Waals surface area (Å²) in [6.07, 6.45) is 6.50. The van der Waals surface area contributed by atoms with Gasteiger partial charge in [-0.3, -0.25) is 4.79 Å². The molecule has 0 spiro atoms. The molecule has 126 valence electrons. The molecule has 3 rings (SSSR count). The Labute approximate surface area is 137 Å². The second-order valence-corrected chi connectivity index (χ2v) is 7.34. The molecule has 0 amide bonds. The summed E-state index contributed by atoms with van der Waals surface area (Å²) in [5.74, 6) is 0.529. The number of rotatable bonds is 2. The van der Waals surface area contributed by atoms with Gasteiger partial charge in [0.25, 0.3) is 0 Å². The van der Waals surface area contributed by atoms with Gasteiger partial charge in [-0.1, -0.05) is 0 Å². The van der Waals surface area contributed by atoms with Crippen molar-refractivity contribution in [1.82, 2.24) is 15.3 Å². The third kappa shape index (κ3) is 3.99. The molecule has 23 heavy (non-hydrogen) atoms. The van der Waals surface area contributed by atoms with Gasteiger partial charge < -0.3 is 15.0 Å². The lowest BCUT2D eigenvalue weighted by atomic mass is 9.98. The van der Waals surface area contributed by atoms with E-state index in [1.54, 1.807) is 0 Å². The number of carbonyl (C=O) groups is 1. The van der Waals surface area contributed by atoms with Crippen LogP contribution >= 0.6 is 0 Å². The normalized spacial score (nSPS) is 21.7. The number of anilines is 1. The molecule has 1 fully saturated rings. The molecule has 1 aliphatic carbocycles. The Bertz CT molecular complexity index is 582. The molecule has 0 unspecified atom stereocenters. The third-order valence-electron chi connectivity index (χ3n) is 4.20. The highest BCUT2D eigenvalue weighted by Crippen LogP contribution is 2.21. The number of nitrogens with zero attached hydrogens (tertiary/aromatic N) is 3. The molecule has 0 saturated carbocycles. The highest BCUT2D eigenvalue weighted by Gasteiger charge is 2.30. The molecule has 1 aliphatic heterocycles. The van der Waals surface area contributed by atoms with E-state index in [1.165, 1.54) is 24.1 Å². The zero-order valence-electron chi connectivity index (χ0n) is 14.3. The standard InChI is InChI=1S/C17H26N4O2/c1-17(2,3)23-15(22)14-11-21(9-8-18-14)16-19-10-12-6-4-5-7-13(12)20-16/h10,14,18H,4-9,11H2,1-3H3/t14-/m0/s1. The lowest BCUT2D eigenvalue weighted by Crippen LogP contribution is -2.56. The molecule has 2 heterocycles. The number of nitrogens with one attached hydrogen (secondary N) is 1. The Morgan fingerprint density at radius 3 is 2.91 bits per heavy atom. The third-order valence-corrected chi connectivity index (χ3v) is 4.20. The van der Waals surface area contributed by atoms with E-state index in [2.05, 4.69) is 15.2 Å². The predicted octanol–water partition coefficient (Wildman–Crippen LogP) is 1.48. The Kier molecular flexibility index (Phi) is 4.53. The van der Waals surface area contributed by atoms with E-state index in [9.17, 15) is 4.79 Å². The number of aromatic nitrogens is 2. The fourth-order valence-corrected chi connectivity index (χ4v) is 3.08. The van der Waals surface area contributed by atoms with Crippen LogP contribution in [0.2, 0.25) is 0 Å². The lowest BCUT2D eigenvalue weighted by molar-refractivity contribution is -0.157. The van der Waals surface area contributed by atoms with Crippen molar-refractivity contribution in [2.24, 2.45) is 0 Å². The van der Waals surface area contributed by atoms with Gasteiger partial charge in [0, 0.05) is 31.5 Å². The molecule has 1 atom stereocenters. The first-order chi connectivity index (χ1) is 10.9. The second kappa shape index (κ2) is 6.43. The molecule has 1 saturated heterocycles. The van der Waals surface area contributed by atoms with Gasteiger partial charge in [-0.05, 0) is 52.0 Å². The van der Waals surface area contributed by atoms with Crippen molar-refractivity contribution in [2.45, 2.75) is 58.1 Å². The van der Waals surface area contributed by atoms with Crippen molar-refractivity contribution < 1.29 is 9.53 Å². The maximum absolute atomic E-state index is 12.3. The molecule has 1 aromatic rings. The van der Waals surface area contributed by atoms with E-state index in [-0.39, 0.29) is 12.0 Å². The van der Waals surface area contributed by atoms with Crippen LogP contribution in [-0.2, 0) is 22.4 Å². The summed E-state index contributed by atoms with van der Waals surface area (Å²) >= 11 is 0. The van der Waals surface area contributed by atoms with E-state index in [1.807, 2.05) is 27.0 Å². The Morgan fingerprint density at radius 1 is 1.35 bits per heavy atom. The average Bonchev–Trinajstić information content (AvgIpc) is 2.53. The lowest BCUT2D eigenvalue weighted by Gasteiger charge is -2.34. The van der Waals surface area contributed by atoms with Gasteiger partial charge >= 0.3 is 5.97 Å². The van der Waals surface area contributed by atoms with Crippen LogP contribution in [0.3, 0.4) is 0 Å². The van der Waals surface area contributed by atoms with Gasteiger partial charge in [-0.25, -0.2) is 9.97 Å². The zero-order valence-corrected chi connectivity index (χ0v) is 14.3. The van der Waals surface area contributed by atoms with E-state index in [0.29, 0.717) is 6.54 Å². The summed E-state index contributed by atoms with van der Waals surface area (Å²) in [7, 11) is 0. The fourth-order valence-electron chi connectivity index (χ4n) is 3.08. The summed E-state index contributed by atoms with van der Waals surface area (Å²) in [5.41, 5.74) is 1.98. The van der Waals surface area contributed by atoms with Crippen LogP contribution in [0.15, 0.2) is 6.20 Å². The highest BCUT2D eigenvalue weighted by molar-refractivity contribution is 5.77. The minimum absolute atomic E-state index is 0.208. The number of hydrogen-bond donors (Lipinski definition) is 1. The number of fused-ring (bicyclic) bond motifs is 1. The first-order valence-electron chi connectivity index (χ1n) is 8.48. The monoisotopic (exact) mass is 318 g/mol. The SMILES string of the molecule is CC(C)(C)OC(=O)[C@@H]1CN(c2ncc3c(n2)CCCC3)CCN1. The van der Waals surface area contributed by atoms with Crippen LogP contribution in [0.25, 0.3) is 0 Å². The number of esters is 1. The molecule has 0 radical (unpaired) electrons. The number of piperazine rings is 1. The van der Waals surface area contributed by atoms with Crippen LogP contribution in [-0.4, -0.2) is 47.2 Å². The molecule has 6 nitrogen and oxygen atoms in total. The van der Waals surface area contributed by atoms with E-state index in [4.69, 9.17) is 9.72 Å². The number of ether oxygens (including phenoxy) is 1. The summed E-state index contributed by atoms with van der Waals surface area (Å²) in [6, 6.07) is -0.331. The van der Waals surface area contributed by atoms with Gasteiger partial charge in [0.15, 0.2) is 0 Å². The van der Waals surface area contributed by atoms with Gasteiger partial charge in [-0.2, -0.15) is 0 Å². The quantitative estimate of drug-likeness (QED) is 0.833. The van der Waals surface area contributed by atoms with Crippen molar-refractivity contribution >= 4 is 11.9 Å². The molecule has 0 bridgehead atoms. The number of aryl methyl sites for hydroxylation is 2. The number of carbonyl (C=O) groups excluding carboxylic acids is 1. The smallest absolute Gasteiger partial charge is 0.325 e. The summed E-state index contributed by atoms with van der Waals surface area (Å²) < 4.78 is 5.48. The average molecular weight is 318 g/mol. The Hall–Kier alpha value is -1.69. The van der Waals surface area contributed by atoms with Gasteiger partial charge in [0.2, 0.25) is 5.95 Å². The van der Waals surface area contributed by atoms with Crippen LogP contribution in [0.4, 0.5) is 5.95 Å². The molecule has 1 aromatic heterocycles. The zero-order chi connectivity index (χ0) is 16.4. The van der Waals surface area contributed by atoms with E-state index >= 15 is 0 Å². The van der Waals surface area contributed by atoms with Crippen LogP contribution in [0, 0.1) is 0 Å². The van der Waals surface area contributed by atoms with Crippen molar-refractivity contribution in [1.29, 1.82) is 0 Å². The Morgan fingerprint density at radius 2 is 2.13 bits per heavy atom. The minimum Gasteiger partial charge on any atom is -0.459 e. The molecule has 1 N–H and O–H groups in total. The molecule has 2 aliphatic rings. The molecular weight excluding hydrogens is 292 g/mol. The summed E-state index contributed by atoms with van der Waals surface area (Å²) in [4.78, 5) is 23.6. The van der Waals surface area contributed by atoms with Crippen LogP contribution in [0.1, 0.15) is 44.9 Å². The number of hydrogen-bond acceptors (Lipinski definition) is 6. The van der Waals surface area contributed by atoms with Gasteiger partial charge in [-0.15, -0.1) is 0 Å². The first-order valence-corrected chi connectivity index (χ1v) is 8.48. The molecule has 6 heteroatoms. The van der Waals surface area contributed by atoms with Crippen LogP contribution < -0.4 is 10.2 Å². The topological polar surface area (TPSA) is 67.3 Å². The highest BCUT2D eigenvalue weighted by atomic mass is 16.6. The maximum Gasteiger partial charge on any atom is 0.325 e. The fraction of sp³-hybridized carbons (Fsp3) is 0.706. The molecule has 0 aromatic carbocycles.